The number of rotatable bonds is 8. The zero-order chi connectivity index (χ0) is 24.4. The number of alkyl carbamates (subject to hydrolysis) is 1. The third kappa shape index (κ3) is 4.43. The maximum Gasteiger partial charge on any atom is 0.407 e. The van der Waals surface area contributed by atoms with Gasteiger partial charge in [-0.2, -0.15) is 0 Å². The van der Waals surface area contributed by atoms with Crippen LogP contribution < -0.4 is 5.32 Å². The molecule has 7 nitrogen and oxygen atoms in total. The van der Waals surface area contributed by atoms with E-state index in [1.165, 1.54) is 0 Å². The molecule has 7 heteroatoms. The first-order valence-electron chi connectivity index (χ1n) is 11.6. The number of fused-ring (bicyclic) bond motifs is 4. The zero-order valence-corrected chi connectivity index (χ0v) is 19.0. The van der Waals surface area contributed by atoms with Crippen LogP contribution in [0.4, 0.5) is 4.79 Å². The summed E-state index contributed by atoms with van der Waals surface area (Å²) in [6.45, 7) is 0.349. The van der Waals surface area contributed by atoms with Crippen LogP contribution in [0, 0.1) is 0 Å². The monoisotopic (exact) mass is 470 g/mol. The van der Waals surface area contributed by atoms with E-state index in [0.717, 1.165) is 34.1 Å². The lowest BCUT2D eigenvalue weighted by molar-refractivity contribution is 0.0137. The van der Waals surface area contributed by atoms with E-state index in [-0.39, 0.29) is 25.5 Å². The van der Waals surface area contributed by atoms with E-state index in [4.69, 9.17) is 4.74 Å². The molecule has 1 aromatic heterocycles. The number of ether oxygens (including phenoxy) is 1. The van der Waals surface area contributed by atoms with Crippen molar-refractivity contribution in [1.29, 1.82) is 0 Å². The molecule has 3 aromatic carbocycles. The second-order valence-corrected chi connectivity index (χ2v) is 8.72. The van der Waals surface area contributed by atoms with Crippen LogP contribution in [-0.4, -0.2) is 46.8 Å². The van der Waals surface area contributed by atoms with Crippen LogP contribution in [0.1, 0.15) is 45.5 Å². The molecule has 1 aliphatic carbocycles. The minimum atomic E-state index is -1.15. The number of aromatic amines is 1. The van der Waals surface area contributed by atoms with Crippen molar-refractivity contribution in [1.82, 2.24) is 10.3 Å². The van der Waals surface area contributed by atoms with Gasteiger partial charge in [0, 0.05) is 35.1 Å². The predicted octanol–water partition coefficient (Wildman–Crippen LogP) is 4.30. The van der Waals surface area contributed by atoms with Gasteiger partial charge in [0.25, 0.3) is 0 Å². The van der Waals surface area contributed by atoms with Gasteiger partial charge in [-0.1, -0.05) is 54.6 Å². The number of hydrogen-bond donors (Lipinski definition) is 4. The van der Waals surface area contributed by atoms with Crippen LogP contribution in [0.5, 0.6) is 0 Å². The largest absolute Gasteiger partial charge is 0.449 e. The van der Waals surface area contributed by atoms with Gasteiger partial charge in [0.1, 0.15) is 12.7 Å². The number of H-pyrrole nitrogens is 1. The molecule has 0 saturated heterocycles. The van der Waals surface area contributed by atoms with Crippen LogP contribution in [0.25, 0.3) is 22.0 Å². The standard InChI is InChI=1S/C28H26N2O5/c31-15-18-14-30-25-10-9-17(13-23(18)25)27(33)26(32)11-12-29-28(34)35-16-24-21-7-3-1-5-19(21)20-6-2-4-8-22(20)24/h1-10,13-15,24,26-27,30,32-33H,11-12,16H2,(H,29,34). The van der Waals surface area contributed by atoms with E-state index in [1.54, 1.807) is 24.4 Å². The lowest BCUT2D eigenvalue weighted by Crippen LogP contribution is -2.30. The molecule has 0 radical (unpaired) electrons. The van der Waals surface area contributed by atoms with Gasteiger partial charge in [-0.15, -0.1) is 0 Å². The Morgan fingerprint density at radius 2 is 1.71 bits per heavy atom. The number of benzene rings is 3. The van der Waals surface area contributed by atoms with Gasteiger partial charge >= 0.3 is 6.09 Å². The molecular weight excluding hydrogens is 444 g/mol. The number of hydrogen-bond acceptors (Lipinski definition) is 5. The quantitative estimate of drug-likeness (QED) is 0.287. The third-order valence-electron chi connectivity index (χ3n) is 6.62. The molecule has 0 saturated carbocycles. The van der Waals surface area contributed by atoms with Gasteiger partial charge in [-0.25, -0.2) is 4.79 Å². The van der Waals surface area contributed by atoms with Crippen molar-refractivity contribution in [2.75, 3.05) is 13.2 Å². The van der Waals surface area contributed by atoms with Gasteiger partial charge in [-0.3, -0.25) is 4.79 Å². The van der Waals surface area contributed by atoms with E-state index in [2.05, 4.69) is 34.6 Å². The highest BCUT2D eigenvalue weighted by Crippen LogP contribution is 2.44. The fourth-order valence-electron chi connectivity index (χ4n) is 4.79. The lowest BCUT2D eigenvalue weighted by atomic mass is 9.98. The Labute approximate surface area is 202 Å². The van der Waals surface area contributed by atoms with Crippen LogP contribution in [0.3, 0.4) is 0 Å². The smallest absolute Gasteiger partial charge is 0.407 e. The highest BCUT2D eigenvalue weighted by atomic mass is 16.5. The van der Waals surface area contributed by atoms with E-state index in [9.17, 15) is 19.8 Å². The number of nitrogens with one attached hydrogen (secondary N) is 2. The molecule has 1 amide bonds. The Hall–Kier alpha value is -3.94. The van der Waals surface area contributed by atoms with Crippen molar-refractivity contribution in [3.8, 4) is 11.1 Å². The average Bonchev–Trinajstić information content (AvgIpc) is 3.45. The first-order chi connectivity index (χ1) is 17.1. The van der Waals surface area contributed by atoms with E-state index in [1.807, 2.05) is 24.3 Å². The summed E-state index contributed by atoms with van der Waals surface area (Å²) < 4.78 is 5.50. The Kier molecular flexibility index (Phi) is 6.35. The van der Waals surface area contributed by atoms with Gasteiger partial charge in [0.05, 0.1) is 6.10 Å². The van der Waals surface area contributed by atoms with Crippen LogP contribution >= 0.6 is 0 Å². The first-order valence-corrected chi connectivity index (χ1v) is 11.6. The minimum absolute atomic E-state index is 0.0276. The number of aliphatic hydroxyl groups is 2. The van der Waals surface area contributed by atoms with Crippen molar-refractivity contribution in [3.05, 3.63) is 95.2 Å². The molecule has 0 spiro atoms. The van der Waals surface area contributed by atoms with Crippen LogP contribution in [0.15, 0.2) is 72.9 Å². The molecule has 4 N–H and O–H groups in total. The number of aromatic nitrogens is 1. The predicted molar refractivity (Wildman–Crippen MR) is 132 cm³/mol. The summed E-state index contributed by atoms with van der Waals surface area (Å²) in [5.74, 6) is -0.0276. The van der Waals surface area contributed by atoms with Crippen LogP contribution in [0.2, 0.25) is 0 Å². The summed E-state index contributed by atoms with van der Waals surface area (Å²) in [4.78, 5) is 26.5. The fraction of sp³-hybridized carbons (Fsp3) is 0.214. The van der Waals surface area contributed by atoms with Gasteiger partial charge in [-0.05, 0) is 46.4 Å². The molecule has 0 bridgehead atoms. The van der Waals surface area contributed by atoms with Gasteiger partial charge in [0.2, 0.25) is 0 Å². The topological polar surface area (TPSA) is 112 Å². The third-order valence-corrected chi connectivity index (χ3v) is 6.62. The van der Waals surface area contributed by atoms with Crippen molar-refractivity contribution in [2.45, 2.75) is 24.5 Å². The molecule has 35 heavy (non-hydrogen) atoms. The zero-order valence-electron chi connectivity index (χ0n) is 19.0. The van der Waals surface area contributed by atoms with Crippen molar-refractivity contribution in [2.24, 2.45) is 0 Å². The van der Waals surface area contributed by atoms with Crippen LogP contribution in [-0.2, 0) is 4.74 Å². The number of carbonyl (C=O) groups is 2. The fourth-order valence-corrected chi connectivity index (χ4v) is 4.79. The lowest BCUT2D eigenvalue weighted by Gasteiger charge is -2.19. The van der Waals surface area contributed by atoms with E-state index in [0.29, 0.717) is 16.5 Å². The molecule has 178 valence electrons. The molecule has 0 fully saturated rings. The van der Waals surface area contributed by atoms with Gasteiger partial charge < -0.3 is 25.3 Å². The molecule has 1 heterocycles. The summed E-state index contributed by atoms with van der Waals surface area (Å²) in [6, 6.07) is 21.4. The van der Waals surface area contributed by atoms with Crippen molar-refractivity contribution >= 4 is 23.3 Å². The summed E-state index contributed by atoms with van der Waals surface area (Å²) >= 11 is 0. The molecule has 1 aliphatic rings. The second kappa shape index (κ2) is 9.74. The molecular formula is C28H26N2O5. The molecule has 2 atom stereocenters. The highest BCUT2D eigenvalue weighted by molar-refractivity contribution is 5.97. The molecule has 5 rings (SSSR count). The molecule has 0 aliphatic heterocycles. The summed E-state index contributed by atoms with van der Waals surface area (Å²) in [5.41, 5.74) is 6.35. The molecule has 4 aromatic rings. The Balaban J connectivity index is 1.14. The number of aldehydes is 1. The number of amides is 1. The van der Waals surface area contributed by atoms with E-state index >= 15 is 0 Å². The Bertz CT molecular complexity index is 1330. The SMILES string of the molecule is O=Cc1c[nH]c2ccc(C(O)C(O)CCNC(=O)OCC3c4ccccc4-c4ccccc43)cc12. The Morgan fingerprint density at radius 1 is 1.03 bits per heavy atom. The van der Waals surface area contributed by atoms with Crippen molar-refractivity contribution in [3.63, 3.8) is 0 Å². The summed E-state index contributed by atoms with van der Waals surface area (Å²) in [6.07, 6.45) is -0.348. The Morgan fingerprint density at radius 3 is 2.40 bits per heavy atom. The van der Waals surface area contributed by atoms with E-state index < -0.39 is 18.3 Å². The minimum Gasteiger partial charge on any atom is -0.449 e. The summed E-state index contributed by atoms with van der Waals surface area (Å²) in [7, 11) is 0. The summed E-state index contributed by atoms with van der Waals surface area (Å²) in [5, 5.41) is 24.3. The molecule has 2 unspecified atom stereocenters. The maximum absolute atomic E-state index is 12.3. The average molecular weight is 471 g/mol. The number of aliphatic hydroxyl groups excluding tert-OH is 2. The van der Waals surface area contributed by atoms with Gasteiger partial charge in [0.15, 0.2) is 6.29 Å². The normalized spacial score (nSPS) is 14.2. The first kappa shape index (κ1) is 22.8. The maximum atomic E-state index is 12.3. The number of carbonyl (C=O) groups excluding carboxylic acids is 2. The second-order valence-electron chi connectivity index (χ2n) is 8.72. The highest BCUT2D eigenvalue weighted by Gasteiger charge is 2.29. The van der Waals surface area contributed by atoms with Crippen molar-refractivity contribution < 1.29 is 24.5 Å².